The lowest BCUT2D eigenvalue weighted by atomic mass is 9.79. The van der Waals surface area contributed by atoms with Crippen molar-refractivity contribution in [2.24, 2.45) is 5.41 Å². The van der Waals surface area contributed by atoms with Crippen LogP contribution in [-0.2, 0) is 16.0 Å². The van der Waals surface area contributed by atoms with Gasteiger partial charge in [0.25, 0.3) is 5.91 Å². The highest BCUT2D eigenvalue weighted by atomic mass is 16.5. The lowest BCUT2D eigenvalue weighted by Crippen LogP contribution is -2.45. The van der Waals surface area contributed by atoms with E-state index >= 15 is 0 Å². The monoisotopic (exact) mass is 396 g/mol. The molecule has 2 N–H and O–H groups in total. The minimum atomic E-state index is -0.587. The van der Waals surface area contributed by atoms with Gasteiger partial charge in [-0.1, -0.05) is 49.4 Å². The fourth-order valence-electron chi connectivity index (χ4n) is 3.42. The Labute approximate surface area is 171 Å². The van der Waals surface area contributed by atoms with Crippen molar-refractivity contribution in [3.8, 4) is 5.75 Å². The van der Waals surface area contributed by atoms with Gasteiger partial charge in [0.05, 0.1) is 11.8 Å². The molecule has 0 fully saturated rings. The predicted octanol–water partition coefficient (Wildman–Crippen LogP) is 2.55. The van der Waals surface area contributed by atoms with Crippen LogP contribution in [0.25, 0.3) is 0 Å². The van der Waals surface area contributed by atoms with Crippen LogP contribution in [0.5, 0.6) is 5.75 Å². The van der Waals surface area contributed by atoms with E-state index < -0.39 is 11.5 Å². The first kappa shape index (κ1) is 20.9. The molecule has 2 amide bonds. The number of fused-ring (bicyclic) bond motifs is 1. The van der Waals surface area contributed by atoms with E-state index in [1.54, 1.807) is 11.8 Å². The average Bonchev–Trinajstić information content (AvgIpc) is 2.72. The first-order chi connectivity index (χ1) is 13.9. The Balaban J connectivity index is 1.57. The molecule has 3 rings (SSSR count). The summed E-state index contributed by atoms with van der Waals surface area (Å²) in [5, 5.41) is 13.2. The standard InChI is InChI=1S/C23H28N2O4/c1-17(26)23(2,14-18-8-4-3-5-9-18)16-24-21(27)12-13-25-19-10-6-7-11-20(19)29-15-22(25)28/h3-11,17,26H,12-16H2,1-2H3,(H,24,27). The zero-order chi connectivity index (χ0) is 20.9. The van der Waals surface area contributed by atoms with Crippen LogP contribution in [0.2, 0.25) is 0 Å². The number of nitrogens with one attached hydrogen (secondary N) is 1. The van der Waals surface area contributed by atoms with Crippen molar-refractivity contribution in [2.45, 2.75) is 32.8 Å². The van der Waals surface area contributed by atoms with Gasteiger partial charge in [-0.25, -0.2) is 0 Å². The van der Waals surface area contributed by atoms with E-state index in [1.165, 1.54) is 0 Å². The normalized spacial score (nSPS) is 16.4. The SMILES string of the molecule is CC(O)C(C)(CNC(=O)CCN1C(=O)COc2ccccc21)Cc1ccccc1. The molecule has 0 aliphatic carbocycles. The molecule has 1 aliphatic heterocycles. The summed E-state index contributed by atoms with van der Waals surface area (Å²) < 4.78 is 5.43. The summed E-state index contributed by atoms with van der Waals surface area (Å²) in [6.07, 6.45) is 0.248. The van der Waals surface area contributed by atoms with E-state index in [0.717, 1.165) is 5.56 Å². The summed E-state index contributed by atoms with van der Waals surface area (Å²) in [5.41, 5.74) is 1.31. The summed E-state index contributed by atoms with van der Waals surface area (Å²) >= 11 is 0. The zero-order valence-electron chi connectivity index (χ0n) is 16.9. The van der Waals surface area contributed by atoms with Crippen molar-refractivity contribution in [1.82, 2.24) is 5.32 Å². The Bertz CT molecular complexity index is 853. The maximum absolute atomic E-state index is 12.5. The Hall–Kier alpha value is -2.86. The number of nitrogens with zero attached hydrogens (tertiary/aromatic N) is 1. The van der Waals surface area contributed by atoms with Gasteiger partial charge in [-0.2, -0.15) is 0 Å². The van der Waals surface area contributed by atoms with Gasteiger partial charge in [-0.15, -0.1) is 0 Å². The number of aliphatic hydroxyl groups excluding tert-OH is 1. The van der Waals surface area contributed by atoms with Gasteiger partial charge in [0, 0.05) is 24.9 Å². The third-order valence-electron chi connectivity index (χ3n) is 5.52. The molecule has 154 valence electrons. The largest absolute Gasteiger partial charge is 0.482 e. The van der Waals surface area contributed by atoms with Crippen LogP contribution in [0.1, 0.15) is 25.8 Å². The van der Waals surface area contributed by atoms with E-state index in [0.29, 0.717) is 24.4 Å². The van der Waals surface area contributed by atoms with Crippen LogP contribution in [0.15, 0.2) is 54.6 Å². The molecule has 0 saturated carbocycles. The van der Waals surface area contributed by atoms with E-state index in [1.807, 2.05) is 61.5 Å². The van der Waals surface area contributed by atoms with Crippen LogP contribution in [-0.4, -0.2) is 42.7 Å². The number of hydrogen-bond donors (Lipinski definition) is 2. The number of amides is 2. The highest BCUT2D eigenvalue weighted by molar-refractivity contribution is 5.98. The first-order valence-electron chi connectivity index (χ1n) is 9.90. The average molecular weight is 396 g/mol. The number of para-hydroxylation sites is 2. The van der Waals surface area contributed by atoms with Crippen LogP contribution in [0.4, 0.5) is 5.69 Å². The lowest BCUT2D eigenvalue weighted by Gasteiger charge is -2.33. The van der Waals surface area contributed by atoms with Crippen LogP contribution in [0, 0.1) is 5.41 Å². The summed E-state index contributed by atoms with van der Waals surface area (Å²) in [4.78, 5) is 26.3. The molecule has 1 aliphatic rings. The third-order valence-corrected chi connectivity index (χ3v) is 5.52. The molecule has 29 heavy (non-hydrogen) atoms. The molecule has 0 aromatic heterocycles. The molecular formula is C23H28N2O4. The molecule has 1 heterocycles. The predicted molar refractivity (Wildman–Crippen MR) is 112 cm³/mol. The smallest absolute Gasteiger partial charge is 0.265 e. The number of aliphatic hydroxyl groups is 1. The van der Waals surface area contributed by atoms with Gasteiger partial charge in [-0.05, 0) is 31.0 Å². The summed E-state index contributed by atoms with van der Waals surface area (Å²) in [6.45, 7) is 4.34. The number of carbonyl (C=O) groups excluding carboxylic acids is 2. The molecule has 2 aromatic carbocycles. The zero-order valence-corrected chi connectivity index (χ0v) is 16.9. The van der Waals surface area contributed by atoms with E-state index in [2.05, 4.69) is 5.32 Å². The highest BCUT2D eigenvalue weighted by Gasteiger charge is 2.31. The van der Waals surface area contributed by atoms with Gasteiger partial charge in [0.2, 0.25) is 5.91 Å². The van der Waals surface area contributed by atoms with Crippen molar-refractivity contribution >= 4 is 17.5 Å². The molecule has 6 heteroatoms. The molecule has 0 radical (unpaired) electrons. The molecule has 2 aromatic rings. The quantitative estimate of drug-likeness (QED) is 0.719. The van der Waals surface area contributed by atoms with Gasteiger partial charge in [0.15, 0.2) is 6.61 Å². The maximum Gasteiger partial charge on any atom is 0.265 e. The van der Waals surface area contributed by atoms with Crippen molar-refractivity contribution < 1.29 is 19.4 Å². The molecule has 0 spiro atoms. The number of ether oxygens (including phenoxy) is 1. The van der Waals surface area contributed by atoms with Crippen molar-refractivity contribution in [3.63, 3.8) is 0 Å². The lowest BCUT2D eigenvalue weighted by molar-refractivity contribution is -0.122. The van der Waals surface area contributed by atoms with Gasteiger partial charge in [-0.3, -0.25) is 9.59 Å². The molecule has 0 bridgehead atoms. The summed E-state index contributed by atoms with van der Waals surface area (Å²) in [5.74, 6) is 0.341. The van der Waals surface area contributed by atoms with Crippen molar-refractivity contribution in [2.75, 3.05) is 24.6 Å². The van der Waals surface area contributed by atoms with Crippen LogP contribution in [0.3, 0.4) is 0 Å². The minimum absolute atomic E-state index is 0.0180. The first-order valence-corrected chi connectivity index (χ1v) is 9.90. The van der Waals surface area contributed by atoms with Crippen LogP contribution >= 0.6 is 0 Å². The third kappa shape index (κ3) is 5.15. The van der Waals surface area contributed by atoms with Crippen molar-refractivity contribution in [3.05, 3.63) is 60.2 Å². The number of rotatable bonds is 8. The highest BCUT2D eigenvalue weighted by Crippen LogP contribution is 2.31. The number of benzene rings is 2. The van der Waals surface area contributed by atoms with Gasteiger partial charge < -0.3 is 20.1 Å². The molecule has 0 saturated heterocycles. The molecular weight excluding hydrogens is 368 g/mol. The maximum atomic E-state index is 12.5. The Morgan fingerprint density at radius 1 is 1.21 bits per heavy atom. The number of hydrogen-bond acceptors (Lipinski definition) is 4. The Kier molecular flexibility index (Phi) is 6.54. The molecule has 2 atom stereocenters. The summed E-state index contributed by atoms with van der Waals surface area (Å²) in [6, 6.07) is 17.2. The second-order valence-corrected chi connectivity index (χ2v) is 7.82. The minimum Gasteiger partial charge on any atom is -0.482 e. The Morgan fingerprint density at radius 2 is 1.90 bits per heavy atom. The molecule has 2 unspecified atom stereocenters. The van der Waals surface area contributed by atoms with E-state index in [-0.39, 0.29) is 31.4 Å². The van der Waals surface area contributed by atoms with E-state index in [9.17, 15) is 14.7 Å². The number of anilines is 1. The second-order valence-electron chi connectivity index (χ2n) is 7.82. The fraction of sp³-hybridized carbons (Fsp3) is 0.391. The Morgan fingerprint density at radius 3 is 2.62 bits per heavy atom. The van der Waals surface area contributed by atoms with E-state index in [4.69, 9.17) is 4.74 Å². The molecule has 6 nitrogen and oxygen atoms in total. The van der Waals surface area contributed by atoms with Gasteiger partial charge in [0.1, 0.15) is 5.75 Å². The van der Waals surface area contributed by atoms with Crippen molar-refractivity contribution in [1.29, 1.82) is 0 Å². The topological polar surface area (TPSA) is 78.9 Å². The summed E-state index contributed by atoms with van der Waals surface area (Å²) in [7, 11) is 0. The van der Waals surface area contributed by atoms with Gasteiger partial charge >= 0.3 is 0 Å². The second kappa shape index (κ2) is 9.09. The van der Waals surface area contributed by atoms with Crippen LogP contribution < -0.4 is 15.0 Å². The fourth-order valence-corrected chi connectivity index (χ4v) is 3.42. The number of carbonyl (C=O) groups is 2.